The van der Waals surface area contributed by atoms with E-state index < -0.39 is 0 Å². The summed E-state index contributed by atoms with van der Waals surface area (Å²) >= 11 is 0. The number of anilines is 1. The van der Waals surface area contributed by atoms with Crippen LogP contribution >= 0.6 is 0 Å². The van der Waals surface area contributed by atoms with Crippen molar-refractivity contribution < 1.29 is 9.53 Å². The molecule has 1 saturated carbocycles. The van der Waals surface area contributed by atoms with Crippen LogP contribution in [0, 0.1) is 11.8 Å². The van der Waals surface area contributed by atoms with Gasteiger partial charge in [0.1, 0.15) is 0 Å². The average molecular weight is 410 g/mol. The lowest BCUT2D eigenvalue weighted by Gasteiger charge is -2.44. The molecule has 0 spiro atoms. The fourth-order valence-electron chi connectivity index (χ4n) is 5.40. The van der Waals surface area contributed by atoms with Gasteiger partial charge in [0.25, 0.3) is 5.91 Å². The van der Waals surface area contributed by atoms with E-state index in [1.165, 1.54) is 44.5 Å². The Balaban J connectivity index is 1.13. The Morgan fingerprint density at radius 1 is 1.13 bits per heavy atom. The SMILES string of the molecule is O=C(N[C@@H]1CN2CCC1CC2)c1n[nH]c2cc(N3CCC(OCC4CC4)C3)ccc12. The molecule has 2 bridgehead atoms. The molecule has 1 aromatic carbocycles. The molecule has 2 N–H and O–H groups in total. The van der Waals surface area contributed by atoms with Gasteiger partial charge < -0.3 is 19.9 Å². The molecular formula is C23H31N5O2. The van der Waals surface area contributed by atoms with Crippen LogP contribution in [-0.2, 0) is 4.74 Å². The van der Waals surface area contributed by atoms with Gasteiger partial charge in [0.15, 0.2) is 5.69 Å². The minimum Gasteiger partial charge on any atom is -0.376 e. The Kier molecular flexibility index (Phi) is 4.68. The van der Waals surface area contributed by atoms with E-state index >= 15 is 0 Å². The lowest BCUT2D eigenvalue weighted by atomic mass is 9.84. The number of aromatic amines is 1. The summed E-state index contributed by atoms with van der Waals surface area (Å²) in [6, 6.07) is 6.53. The molecule has 5 fully saturated rings. The predicted octanol–water partition coefficient (Wildman–Crippen LogP) is 2.39. The lowest BCUT2D eigenvalue weighted by Crippen LogP contribution is -2.57. The van der Waals surface area contributed by atoms with Crippen LogP contribution in [0.1, 0.15) is 42.6 Å². The normalized spacial score (nSPS) is 30.9. The second-order valence-corrected chi connectivity index (χ2v) is 9.65. The molecule has 4 saturated heterocycles. The highest BCUT2D eigenvalue weighted by molar-refractivity contribution is 6.05. The number of carbonyl (C=O) groups is 1. The van der Waals surface area contributed by atoms with E-state index in [1.807, 2.05) is 6.07 Å². The zero-order chi connectivity index (χ0) is 20.1. The zero-order valence-corrected chi connectivity index (χ0v) is 17.5. The molecule has 2 atom stereocenters. The summed E-state index contributed by atoms with van der Waals surface area (Å²) in [6.07, 6.45) is 6.48. The average Bonchev–Trinajstić information content (AvgIpc) is 3.32. The van der Waals surface area contributed by atoms with Crippen molar-refractivity contribution in [3.8, 4) is 0 Å². The van der Waals surface area contributed by atoms with Gasteiger partial charge in [0, 0.05) is 43.4 Å². The fraction of sp³-hybridized carbons (Fsp3) is 0.652. The highest BCUT2D eigenvalue weighted by atomic mass is 16.5. The van der Waals surface area contributed by atoms with Crippen molar-refractivity contribution in [2.24, 2.45) is 11.8 Å². The number of piperidine rings is 3. The molecule has 0 radical (unpaired) electrons. The van der Waals surface area contributed by atoms with Crippen molar-refractivity contribution in [3.05, 3.63) is 23.9 Å². The first kappa shape index (κ1) is 18.6. The van der Waals surface area contributed by atoms with Gasteiger partial charge in [-0.1, -0.05) is 0 Å². The third kappa shape index (κ3) is 3.58. The van der Waals surface area contributed by atoms with E-state index in [4.69, 9.17) is 4.74 Å². The molecule has 1 unspecified atom stereocenters. The lowest BCUT2D eigenvalue weighted by molar-refractivity contribution is 0.0605. The third-order valence-electron chi connectivity index (χ3n) is 7.51. The molecule has 1 aliphatic carbocycles. The van der Waals surface area contributed by atoms with Gasteiger partial charge in [-0.15, -0.1) is 0 Å². The minimum absolute atomic E-state index is 0.0533. The maximum absolute atomic E-state index is 12.9. The van der Waals surface area contributed by atoms with Crippen LogP contribution < -0.4 is 10.2 Å². The predicted molar refractivity (Wildman–Crippen MR) is 116 cm³/mol. The van der Waals surface area contributed by atoms with Crippen LogP contribution in [-0.4, -0.2) is 72.5 Å². The number of nitrogens with zero attached hydrogens (tertiary/aromatic N) is 3. The van der Waals surface area contributed by atoms with Gasteiger partial charge in [-0.25, -0.2) is 0 Å². The molecular weight excluding hydrogens is 378 g/mol. The van der Waals surface area contributed by atoms with Crippen LogP contribution in [0.5, 0.6) is 0 Å². The Hall–Kier alpha value is -2.12. The molecule has 7 rings (SSSR count). The van der Waals surface area contributed by atoms with Crippen LogP contribution in [0.2, 0.25) is 0 Å². The number of rotatable bonds is 6. The molecule has 160 valence electrons. The highest BCUT2D eigenvalue weighted by Crippen LogP contribution is 2.32. The van der Waals surface area contributed by atoms with Crippen molar-refractivity contribution in [3.63, 3.8) is 0 Å². The fourth-order valence-corrected chi connectivity index (χ4v) is 5.40. The summed E-state index contributed by atoms with van der Waals surface area (Å²) < 4.78 is 6.08. The maximum Gasteiger partial charge on any atom is 0.272 e. The first-order valence-corrected chi connectivity index (χ1v) is 11.6. The van der Waals surface area contributed by atoms with Crippen LogP contribution in [0.3, 0.4) is 0 Å². The number of amides is 1. The molecule has 1 amide bonds. The summed E-state index contributed by atoms with van der Waals surface area (Å²) in [5.74, 6) is 1.37. The van der Waals surface area contributed by atoms with Crippen molar-refractivity contribution in [2.75, 3.05) is 44.2 Å². The summed E-state index contributed by atoms with van der Waals surface area (Å²) in [7, 11) is 0. The van der Waals surface area contributed by atoms with E-state index in [9.17, 15) is 4.79 Å². The zero-order valence-electron chi connectivity index (χ0n) is 17.5. The number of benzene rings is 1. The number of nitrogens with one attached hydrogen (secondary N) is 2. The molecule has 7 heteroatoms. The van der Waals surface area contributed by atoms with Crippen LogP contribution in [0.25, 0.3) is 10.9 Å². The number of fused-ring (bicyclic) bond motifs is 4. The second-order valence-electron chi connectivity index (χ2n) is 9.65. The van der Waals surface area contributed by atoms with Gasteiger partial charge in [-0.2, -0.15) is 5.10 Å². The van der Waals surface area contributed by atoms with Gasteiger partial charge >= 0.3 is 0 Å². The molecule has 7 nitrogen and oxygen atoms in total. The molecule has 1 aromatic heterocycles. The van der Waals surface area contributed by atoms with Gasteiger partial charge in [-0.3, -0.25) is 9.89 Å². The highest BCUT2D eigenvalue weighted by Gasteiger charge is 2.35. The Labute approximate surface area is 177 Å². The van der Waals surface area contributed by atoms with Gasteiger partial charge in [0.05, 0.1) is 11.6 Å². The number of H-pyrrole nitrogens is 1. The van der Waals surface area contributed by atoms with Gasteiger partial charge in [0.2, 0.25) is 0 Å². The smallest absolute Gasteiger partial charge is 0.272 e. The van der Waals surface area contributed by atoms with E-state index in [0.717, 1.165) is 49.5 Å². The summed E-state index contributed by atoms with van der Waals surface area (Å²) in [4.78, 5) is 17.8. The standard InChI is InChI=1S/C23H31N5O2/c29-23(24-21-13-27-8-5-16(21)6-9-27)22-19-4-3-17(11-20(19)25-26-22)28-10-7-18(12-28)30-14-15-1-2-15/h3-4,11,15-16,18,21H,1-2,5-10,12-14H2,(H,24,29)(H,25,26)/t18?,21-/m1/s1. The van der Waals surface area contributed by atoms with Crippen LogP contribution in [0.15, 0.2) is 18.2 Å². The summed E-state index contributed by atoms with van der Waals surface area (Å²) in [5, 5.41) is 11.6. The van der Waals surface area contributed by atoms with E-state index in [0.29, 0.717) is 17.7 Å². The van der Waals surface area contributed by atoms with Crippen molar-refractivity contribution in [1.29, 1.82) is 0 Å². The molecule has 2 aromatic rings. The minimum atomic E-state index is -0.0533. The maximum atomic E-state index is 12.9. The Morgan fingerprint density at radius 2 is 2.00 bits per heavy atom. The van der Waals surface area contributed by atoms with Crippen LogP contribution in [0.4, 0.5) is 5.69 Å². The Bertz CT molecular complexity index is 931. The number of aromatic nitrogens is 2. The van der Waals surface area contributed by atoms with Gasteiger partial charge in [-0.05, 0) is 75.2 Å². The number of ether oxygens (including phenoxy) is 1. The number of carbonyl (C=O) groups excluding carboxylic acids is 1. The molecule has 5 heterocycles. The van der Waals surface area contributed by atoms with E-state index in [2.05, 4.69) is 37.4 Å². The Morgan fingerprint density at radius 3 is 2.77 bits per heavy atom. The van der Waals surface area contributed by atoms with E-state index in [-0.39, 0.29) is 11.9 Å². The number of hydrogen-bond donors (Lipinski definition) is 2. The van der Waals surface area contributed by atoms with Crippen molar-refractivity contribution in [1.82, 2.24) is 20.4 Å². The molecule has 4 aliphatic heterocycles. The van der Waals surface area contributed by atoms with Crippen molar-refractivity contribution in [2.45, 2.75) is 44.2 Å². The first-order chi connectivity index (χ1) is 14.7. The number of hydrogen-bond acceptors (Lipinski definition) is 5. The topological polar surface area (TPSA) is 73.5 Å². The summed E-state index contributed by atoms with van der Waals surface area (Å²) in [5.41, 5.74) is 2.61. The monoisotopic (exact) mass is 409 g/mol. The second kappa shape index (κ2) is 7.54. The van der Waals surface area contributed by atoms with E-state index in [1.54, 1.807) is 0 Å². The molecule has 30 heavy (non-hydrogen) atoms. The quantitative estimate of drug-likeness (QED) is 0.766. The summed E-state index contributed by atoms with van der Waals surface area (Å²) in [6.45, 7) is 6.21. The third-order valence-corrected chi connectivity index (χ3v) is 7.51. The largest absolute Gasteiger partial charge is 0.376 e. The van der Waals surface area contributed by atoms with Crippen molar-refractivity contribution >= 4 is 22.5 Å². The molecule has 5 aliphatic rings. The first-order valence-electron chi connectivity index (χ1n) is 11.6.